The Bertz CT molecular complexity index is 1000. The number of nitrogens with one attached hydrogen (secondary N) is 1. The highest BCUT2D eigenvalue weighted by Gasteiger charge is 2.32. The number of alkyl halides is 3. The molecule has 0 atom stereocenters. The molecule has 1 aromatic carbocycles. The molecule has 2 heterocycles. The van der Waals surface area contributed by atoms with Crippen LogP contribution >= 0.6 is 0 Å². The van der Waals surface area contributed by atoms with Crippen molar-refractivity contribution in [1.29, 1.82) is 0 Å². The minimum absolute atomic E-state index is 0.0520. The fraction of sp³-hybridized carbons (Fsp3) is 0.333. The third-order valence-corrected chi connectivity index (χ3v) is 6.56. The minimum Gasteiger partial charge on any atom is -0.354 e. The number of hydrogen-bond acceptors (Lipinski definition) is 6. The monoisotopic (exact) mass is 444 g/mol. The van der Waals surface area contributed by atoms with E-state index in [2.05, 4.69) is 4.98 Å². The van der Waals surface area contributed by atoms with Gasteiger partial charge in [0, 0.05) is 37.9 Å². The van der Waals surface area contributed by atoms with E-state index in [9.17, 15) is 26.4 Å². The van der Waals surface area contributed by atoms with E-state index >= 15 is 0 Å². The van der Waals surface area contributed by atoms with Crippen LogP contribution < -0.4 is 10.4 Å². The average molecular weight is 444 g/mol. The first-order valence-corrected chi connectivity index (χ1v) is 10.5. The molecule has 1 amide bonds. The summed E-state index contributed by atoms with van der Waals surface area (Å²) in [6.45, 7) is 0.769. The van der Waals surface area contributed by atoms with Gasteiger partial charge in [-0.05, 0) is 23.8 Å². The molecule has 0 bridgehead atoms. The summed E-state index contributed by atoms with van der Waals surface area (Å²) in [4.78, 5) is 17.3. The Morgan fingerprint density at radius 2 is 1.77 bits per heavy atom. The molecule has 1 fully saturated rings. The first-order chi connectivity index (χ1) is 14.1. The van der Waals surface area contributed by atoms with Crippen molar-refractivity contribution < 1.29 is 31.6 Å². The maximum Gasteiger partial charge on any atom is 0.417 e. The lowest BCUT2D eigenvalue weighted by atomic mass is 10.1. The average Bonchev–Trinajstić information content (AvgIpc) is 2.73. The number of piperazine rings is 1. The van der Waals surface area contributed by atoms with Crippen molar-refractivity contribution >= 4 is 21.7 Å². The highest BCUT2D eigenvalue weighted by Crippen LogP contribution is 2.29. The zero-order valence-corrected chi connectivity index (χ0v) is 16.4. The van der Waals surface area contributed by atoms with Crippen molar-refractivity contribution in [3.05, 3.63) is 59.3 Å². The Labute approximate surface area is 170 Å². The molecule has 1 aromatic heterocycles. The van der Waals surface area contributed by atoms with Gasteiger partial charge in [0.05, 0.1) is 11.3 Å². The van der Waals surface area contributed by atoms with Gasteiger partial charge in [-0.25, -0.2) is 18.9 Å². The van der Waals surface area contributed by atoms with Crippen LogP contribution in [0.2, 0.25) is 0 Å². The number of aromatic nitrogens is 1. The number of rotatable bonds is 5. The molecule has 0 radical (unpaired) electrons. The van der Waals surface area contributed by atoms with Gasteiger partial charge in [0.25, 0.3) is 5.91 Å². The van der Waals surface area contributed by atoms with E-state index in [-0.39, 0.29) is 37.3 Å². The Kier molecular flexibility index (Phi) is 6.29. The highest BCUT2D eigenvalue weighted by atomic mass is 32.2. The molecule has 2 aromatic rings. The van der Waals surface area contributed by atoms with Crippen LogP contribution in [0.5, 0.6) is 0 Å². The Morgan fingerprint density at radius 3 is 2.33 bits per heavy atom. The van der Waals surface area contributed by atoms with Crippen LogP contribution in [-0.2, 0) is 22.0 Å². The van der Waals surface area contributed by atoms with E-state index in [1.165, 1.54) is 28.0 Å². The molecule has 0 saturated carbocycles. The lowest BCUT2D eigenvalue weighted by Gasteiger charge is -2.34. The second kappa shape index (κ2) is 8.58. The zero-order valence-electron chi connectivity index (χ0n) is 15.6. The summed E-state index contributed by atoms with van der Waals surface area (Å²) in [7, 11) is -3.76. The number of pyridine rings is 1. The number of hydrogen-bond donors (Lipinski definition) is 2. The van der Waals surface area contributed by atoms with Crippen LogP contribution in [-0.4, -0.2) is 55.0 Å². The molecule has 30 heavy (non-hydrogen) atoms. The molecule has 0 spiro atoms. The van der Waals surface area contributed by atoms with Crippen LogP contribution in [0.25, 0.3) is 0 Å². The molecule has 0 aliphatic carbocycles. The molecule has 2 N–H and O–H groups in total. The van der Waals surface area contributed by atoms with E-state index in [0.29, 0.717) is 5.82 Å². The quantitative estimate of drug-likeness (QED) is 0.539. The van der Waals surface area contributed by atoms with Gasteiger partial charge in [-0.15, -0.1) is 0 Å². The molecular weight excluding hydrogens is 425 g/mol. The molecule has 1 aliphatic heterocycles. The van der Waals surface area contributed by atoms with E-state index in [1.54, 1.807) is 17.0 Å². The summed E-state index contributed by atoms with van der Waals surface area (Å²) in [5, 5.41) is 8.83. The van der Waals surface area contributed by atoms with Crippen LogP contribution in [0.15, 0.2) is 42.6 Å². The molecule has 162 valence electrons. The standard InChI is InChI=1S/C18H19F3N4O4S/c19-18(20,21)14-5-6-16(22-11-14)24-7-9-25(10-8-24)30(28,29)12-13-3-1-2-4-15(13)17(26)23-27/h1-6,11,27H,7-10,12H2,(H,23,26). The zero-order chi connectivity index (χ0) is 21.9. The van der Waals surface area contributed by atoms with Crippen molar-refractivity contribution in [3.8, 4) is 0 Å². The number of hydroxylamine groups is 1. The van der Waals surface area contributed by atoms with E-state index in [4.69, 9.17) is 5.21 Å². The predicted octanol–water partition coefficient (Wildman–Crippen LogP) is 1.87. The van der Waals surface area contributed by atoms with Gasteiger partial charge >= 0.3 is 6.18 Å². The van der Waals surface area contributed by atoms with Gasteiger partial charge in [-0.1, -0.05) is 18.2 Å². The number of anilines is 1. The fourth-order valence-electron chi connectivity index (χ4n) is 3.15. The predicted molar refractivity (Wildman–Crippen MR) is 101 cm³/mol. The van der Waals surface area contributed by atoms with Gasteiger partial charge in [-0.3, -0.25) is 10.0 Å². The lowest BCUT2D eigenvalue weighted by Crippen LogP contribution is -2.49. The summed E-state index contributed by atoms with van der Waals surface area (Å²) in [5.41, 5.74) is 0.942. The summed E-state index contributed by atoms with van der Waals surface area (Å²) in [6.07, 6.45) is -3.72. The van der Waals surface area contributed by atoms with Crippen LogP contribution in [0.3, 0.4) is 0 Å². The van der Waals surface area contributed by atoms with Gasteiger partial charge in [-0.2, -0.15) is 17.5 Å². The van der Waals surface area contributed by atoms with Crippen LogP contribution in [0.4, 0.5) is 19.0 Å². The number of amides is 1. The largest absolute Gasteiger partial charge is 0.417 e. The second-order valence-electron chi connectivity index (χ2n) is 6.64. The molecular formula is C18H19F3N4O4S. The first kappa shape index (κ1) is 22.0. The maximum absolute atomic E-state index is 12.8. The number of benzene rings is 1. The first-order valence-electron chi connectivity index (χ1n) is 8.90. The van der Waals surface area contributed by atoms with Crippen molar-refractivity contribution in [2.75, 3.05) is 31.1 Å². The normalized spacial score (nSPS) is 15.8. The maximum atomic E-state index is 12.8. The Hall–Kier alpha value is -2.70. The smallest absolute Gasteiger partial charge is 0.354 e. The summed E-state index contributed by atoms with van der Waals surface area (Å²) in [6, 6.07) is 8.24. The fourth-order valence-corrected chi connectivity index (χ4v) is 4.70. The van der Waals surface area contributed by atoms with E-state index in [0.717, 1.165) is 12.3 Å². The van der Waals surface area contributed by atoms with Crippen molar-refractivity contribution in [3.63, 3.8) is 0 Å². The topological polar surface area (TPSA) is 103 Å². The van der Waals surface area contributed by atoms with Crippen molar-refractivity contribution in [2.45, 2.75) is 11.9 Å². The molecule has 1 saturated heterocycles. The van der Waals surface area contributed by atoms with Crippen LogP contribution in [0.1, 0.15) is 21.5 Å². The number of carbonyl (C=O) groups is 1. The highest BCUT2D eigenvalue weighted by molar-refractivity contribution is 7.88. The van der Waals surface area contributed by atoms with Crippen molar-refractivity contribution in [2.24, 2.45) is 0 Å². The van der Waals surface area contributed by atoms with E-state index < -0.39 is 33.4 Å². The Morgan fingerprint density at radius 1 is 1.10 bits per heavy atom. The molecule has 1 aliphatic rings. The van der Waals surface area contributed by atoms with Gasteiger partial charge in [0.15, 0.2) is 0 Å². The number of halogens is 3. The molecule has 8 nitrogen and oxygen atoms in total. The second-order valence-corrected chi connectivity index (χ2v) is 8.61. The summed E-state index contributed by atoms with van der Waals surface area (Å²) >= 11 is 0. The van der Waals surface area contributed by atoms with Gasteiger partial charge < -0.3 is 4.90 Å². The van der Waals surface area contributed by atoms with Gasteiger partial charge in [0.2, 0.25) is 10.0 Å². The summed E-state index contributed by atoms with van der Waals surface area (Å²) < 4.78 is 64.8. The van der Waals surface area contributed by atoms with Crippen molar-refractivity contribution in [1.82, 2.24) is 14.8 Å². The lowest BCUT2D eigenvalue weighted by molar-refractivity contribution is -0.137. The summed E-state index contributed by atoms with van der Waals surface area (Å²) in [5.74, 6) is -0.890. The third-order valence-electron chi connectivity index (χ3n) is 4.73. The third kappa shape index (κ3) is 4.89. The molecule has 3 rings (SSSR count). The van der Waals surface area contributed by atoms with Gasteiger partial charge in [0.1, 0.15) is 5.82 Å². The number of nitrogens with zero attached hydrogens (tertiary/aromatic N) is 3. The minimum atomic E-state index is -4.47. The number of sulfonamides is 1. The van der Waals surface area contributed by atoms with Crippen LogP contribution in [0, 0.1) is 0 Å². The Balaban J connectivity index is 1.67. The number of carbonyl (C=O) groups excluding carboxylic acids is 1. The SMILES string of the molecule is O=C(NO)c1ccccc1CS(=O)(=O)N1CCN(c2ccc(C(F)(F)F)cn2)CC1. The molecule has 12 heteroatoms. The van der Waals surface area contributed by atoms with E-state index in [1.807, 2.05) is 0 Å². The molecule has 0 unspecified atom stereocenters.